The molecule has 0 aromatic heterocycles. The maximum atomic E-state index is 10.4. The minimum absolute atomic E-state index is 0.103. The molecule has 1 N–H and O–H groups in total. The van der Waals surface area contributed by atoms with Crippen LogP contribution in [0.2, 0.25) is 5.02 Å². The standard InChI is InChI=1S/C7H6N2O5.C6H5Cl/c1-4-2-5(8(11)12)3-6(7(4)10)9(13)14;7-6-4-2-1-3-5-6/h2-3,10H,1H3;1-5H. The summed E-state index contributed by atoms with van der Waals surface area (Å²) in [6.07, 6.45) is 0. The van der Waals surface area contributed by atoms with Crippen LogP contribution < -0.4 is 0 Å². The number of nitrogens with zero attached hydrogens (tertiary/aromatic N) is 2. The van der Waals surface area contributed by atoms with Crippen LogP contribution in [-0.2, 0) is 0 Å². The average Bonchev–Trinajstić information content (AvgIpc) is 2.42. The van der Waals surface area contributed by atoms with Gasteiger partial charge >= 0.3 is 5.69 Å². The Morgan fingerprint density at radius 2 is 1.62 bits per heavy atom. The fourth-order valence-electron chi connectivity index (χ4n) is 1.40. The Kier molecular flexibility index (Phi) is 5.62. The van der Waals surface area contributed by atoms with Crippen LogP contribution >= 0.6 is 11.6 Å². The third-order valence-electron chi connectivity index (χ3n) is 2.41. The molecular weight excluding hydrogens is 300 g/mol. The maximum absolute atomic E-state index is 10.4. The second-order valence-corrected chi connectivity index (χ2v) is 4.38. The fraction of sp³-hybridized carbons (Fsp3) is 0.0769. The second kappa shape index (κ2) is 7.20. The molecule has 0 unspecified atom stereocenters. The van der Waals surface area contributed by atoms with Crippen LogP contribution in [-0.4, -0.2) is 15.0 Å². The Morgan fingerprint density at radius 1 is 1.05 bits per heavy atom. The number of benzene rings is 2. The van der Waals surface area contributed by atoms with Crippen molar-refractivity contribution in [3.05, 3.63) is 73.3 Å². The lowest BCUT2D eigenvalue weighted by molar-refractivity contribution is -0.394. The van der Waals surface area contributed by atoms with Gasteiger partial charge in [-0.1, -0.05) is 29.8 Å². The zero-order valence-corrected chi connectivity index (χ0v) is 11.6. The van der Waals surface area contributed by atoms with Crippen molar-refractivity contribution in [3.63, 3.8) is 0 Å². The SMILES string of the molecule is Cc1cc([N+](=O)[O-])cc([N+](=O)[O-])c1O.Clc1ccccc1. The zero-order valence-electron chi connectivity index (χ0n) is 10.9. The van der Waals surface area contributed by atoms with E-state index in [0.717, 1.165) is 17.2 Å². The van der Waals surface area contributed by atoms with Gasteiger partial charge in [0.15, 0.2) is 5.75 Å². The van der Waals surface area contributed by atoms with Gasteiger partial charge in [-0.2, -0.15) is 0 Å². The second-order valence-electron chi connectivity index (χ2n) is 3.94. The van der Waals surface area contributed by atoms with E-state index in [2.05, 4.69) is 0 Å². The van der Waals surface area contributed by atoms with E-state index in [0.29, 0.717) is 0 Å². The summed E-state index contributed by atoms with van der Waals surface area (Å²) in [5, 5.41) is 30.7. The van der Waals surface area contributed by atoms with E-state index in [1.54, 1.807) is 0 Å². The van der Waals surface area contributed by atoms with Crippen LogP contribution in [0.3, 0.4) is 0 Å². The first kappa shape index (κ1) is 16.4. The molecular formula is C13H11ClN2O5. The number of aryl methyl sites for hydroxylation is 1. The van der Waals surface area contributed by atoms with Crippen LogP contribution in [0.1, 0.15) is 5.56 Å². The molecule has 0 aliphatic carbocycles. The molecule has 0 fully saturated rings. The van der Waals surface area contributed by atoms with Crippen LogP contribution in [0.5, 0.6) is 5.75 Å². The van der Waals surface area contributed by atoms with Crippen LogP contribution in [0.4, 0.5) is 11.4 Å². The van der Waals surface area contributed by atoms with Gasteiger partial charge in [-0.05, 0) is 19.1 Å². The van der Waals surface area contributed by atoms with Crippen LogP contribution in [0, 0.1) is 27.2 Å². The van der Waals surface area contributed by atoms with Crippen LogP contribution in [0.25, 0.3) is 0 Å². The zero-order chi connectivity index (χ0) is 16.0. The van der Waals surface area contributed by atoms with E-state index >= 15 is 0 Å². The Hall–Kier alpha value is -2.67. The van der Waals surface area contributed by atoms with Crippen molar-refractivity contribution in [1.82, 2.24) is 0 Å². The summed E-state index contributed by atoms with van der Waals surface area (Å²) < 4.78 is 0. The minimum Gasteiger partial charge on any atom is -0.502 e. The van der Waals surface area contributed by atoms with Crippen molar-refractivity contribution in [2.45, 2.75) is 6.92 Å². The highest BCUT2D eigenvalue weighted by Gasteiger charge is 2.21. The van der Waals surface area contributed by atoms with Gasteiger partial charge < -0.3 is 5.11 Å². The Bertz CT molecular complexity index is 661. The van der Waals surface area contributed by atoms with Crippen molar-refractivity contribution < 1.29 is 15.0 Å². The first-order chi connectivity index (χ1) is 9.82. The molecule has 0 bridgehead atoms. The van der Waals surface area contributed by atoms with Gasteiger partial charge in [-0.3, -0.25) is 20.2 Å². The summed E-state index contributed by atoms with van der Waals surface area (Å²) in [5.41, 5.74) is -0.963. The molecule has 8 heteroatoms. The van der Waals surface area contributed by atoms with E-state index < -0.39 is 27.0 Å². The molecule has 0 saturated heterocycles. The van der Waals surface area contributed by atoms with Gasteiger partial charge in [0, 0.05) is 16.7 Å². The molecule has 2 aromatic carbocycles. The predicted octanol–water partition coefficient (Wildman–Crippen LogP) is 3.86. The molecule has 0 heterocycles. The van der Waals surface area contributed by atoms with Crippen molar-refractivity contribution in [2.24, 2.45) is 0 Å². The summed E-state index contributed by atoms with van der Waals surface area (Å²) in [4.78, 5) is 19.1. The highest BCUT2D eigenvalue weighted by Crippen LogP contribution is 2.33. The van der Waals surface area contributed by atoms with Crippen molar-refractivity contribution >= 4 is 23.0 Å². The molecule has 2 rings (SSSR count). The fourth-order valence-corrected chi connectivity index (χ4v) is 1.55. The number of hydrogen-bond donors (Lipinski definition) is 1. The number of halogens is 1. The molecule has 21 heavy (non-hydrogen) atoms. The molecule has 0 saturated carbocycles. The van der Waals surface area contributed by atoms with Gasteiger partial charge in [0.1, 0.15) is 0 Å². The van der Waals surface area contributed by atoms with Gasteiger partial charge in [0.2, 0.25) is 0 Å². The number of phenols is 1. The predicted molar refractivity (Wildman–Crippen MR) is 77.6 cm³/mol. The van der Waals surface area contributed by atoms with E-state index in [4.69, 9.17) is 11.6 Å². The van der Waals surface area contributed by atoms with Crippen molar-refractivity contribution in [2.75, 3.05) is 0 Å². The van der Waals surface area contributed by atoms with Crippen molar-refractivity contribution in [1.29, 1.82) is 0 Å². The Labute approximate surface area is 124 Å². The number of nitro benzene ring substituents is 2. The average molecular weight is 311 g/mol. The summed E-state index contributed by atoms with van der Waals surface area (Å²) in [6, 6.07) is 11.2. The van der Waals surface area contributed by atoms with Gasteiger partial charge in [-0.25, -0.2) is 0 Å². The summed E-state index contributed by atoms with van der Waals surface area (Å²) in [7, 11) is 0. The topological polar surface area (TPSA) is 107 Å². The van der Waals surface area contributed by atoms with Gasteiger partial charge in [0.25, 0.3) is 5.69 Å². The molecule has 0 aliphatic heterocycles. The molecule has 0 radical (unpaired) electrons. The summed E-state index contributed by atoms with van der Waals surface area (Å²) >= 11 is 5.54. The van der Waals surface area contributed by atoms with E-state index in [1.807, 2.05) is 30.3 Å². The highest BCUT2D eigenvalue weighted by atomic mass is 35.5. The van der Waals surface area contributed by atoms with E-state index in [1.165, 1.54) is 6.92 Å². The molecule has 0 atom stereocenters. The van der Waals surface area contributed by atoms with Crippen molar-refractivity contribution in [3.8, 4) is 5.75 Å². The minimum atomic E-state index is -0.866. The number of hydrogen-bond acceptors (Lipinski definition) is 5. The number of nitro groups is 2. The van der Waals surface area contributed by atoms with Gasteiger partial charge in [-0.15, -0.1) is 0 Å². The third-order valence-corrected chi connectivity index (χ3v) is 2.66. The van der Waals surface area contributed by atoms with E-state index in [-0.39, 0.29) is 5.56 Å². The smallest absolute Gasteiger partial charge is 0.317 e. The normalized spacial score (nSPS) is 9.43. The lowest BCUT2D eigenvalue weighted by Gasteiger charge is -1.99. The molecule has 7 nitrogen and oxygen atoms in total. The quantitative estimate of drug-likeness (QED) is 0.669. The number of rotatable bonds is 2. The van der Waals surface area contributed by atoms with Gasteiger partial charge in [0.05, 0.1) is 15.9 Å². The number of non-ortho nitro benzene ring substituents is 1. The summed E-state index contributed by atoms with van der Waals surface area (Å²) in [6.45, 7) is 1.36. The molecule has 0 spiro atoms. The monoisotopic (exact) mass is 310 g/mol. The Morgan fingerprint density at radius 3 is 2.00 bits per heavy atom. The van der Waals surface area contributed by atoms with Crippen LogP contribution in [0.15, 0.2) is 42.5 Å². The maximum Gasteiger partial charge on any atom is 0.317 e. The third kappa shape index (κ3) is 4.73. The Balaban J connectivity index is 0.000000262. The number of phenolic OH excluding ortho intramolecular Hbond substituents is 1. The lowest BCUT2D eigenvalue weighted by atomic mass is 10.1. The highest BCUT2D eigenvalue weighted by molar-refractivity contribution is 6.30. The van der Waals surface area contributed by atoms with E-state index in [9.17, 15) is 25.3 Å². The largest absolute Gasteiger partial charge is 0.502 e. The summed E-state index contributed by atoms with van der Waals surface area (Å²) in [5.74, 6) is -0.541. The molecule has 110 valence electrons. The first-order valence-electron chi connectivity index (χ1n) is 5.66. The first-order valence-corrected chi connectivity index (χ1v) is 6.03. The number of aromatic hydroxyl groups is 1. The molecule has 2 aromatic rings. The molecule has 0 aliphatic rings. The lowest BCUT2D eigenvalue weighted by Crippen LogP contribution is -1.94. The molecule has 0 amide bonds.